The van der Waals surface area contributed by atoms with Gasteiger partial charge in [-0.1, -0.05) is 11.6 Å². The van der Waals surface area contributed by atoms with Gasteiger partial charge >= 0.3 is 5.97 Å². The van der Waals surface area contributed by atoms with Crippen LogP contribution in [0.1, 0.15) is 9.67 Å². The number of carboxylic acids is 1. The highest BCUT2D eigenvalue weighted by molar-refractivity contribution is 7.12. The second kappa shape index (κ2) is 3.81. The maximum atomic E-state index is 10.2. The molecule has 10 heavy (non-hydrogen) atoms. The molecular weight excluding hydrogens is 195 g/mol. The Bertz CT molecular complexity index is 233. The first-order valence-electron chi connectivity index (χ1n) is 2.17. The van der Waals surface area contributed by atoms with Crippen LogP contribution in [0.4, 0.5) is 0 Å². The van der Waals surface area contributed by atoms with Gasteiger partial charge in [0.15, 0.2) is 0 Å². The number of hydrogen-bond acceptors (Lipinski definition) is 2. The summed E-state index contributed by atoms with van der Waals surface area (Å²) in [4.78, 5) is 10.4. The molecule has 5 heteroatoms. The van der Waals surface area contributed by atoms with Crippen molar-refractivity contribution in [1.29, 1.82) is 0 Å². The van der Waals surface area contributed by atoms with Gasteiger partial charge in [-0.3, -0.25) is 0 Å². The van der Waals surface area contributed by atoms with Crippen LogP contribution in [-0.2, 0) is 0 Å². The molecule has 0 radical (unpaired) electrons. The van der Waals surface area contributed by atoms with Crippen LogP contribution in [0.2, 0.25) is 5.02 Å². The molecule has 0 aliphatic heterocycles. The number of hydrogen-bond donors (Lipinski definition) is 1. The van der Waals surface area contributed by atoms with Gasteiger partial charge in [-0.15, -0.1) is 23.7 Å². The van der Waals surface area contributed by atoms with E-state index in [1.165, 1.54) is 6.07 Å². The highest BCUT2D eigenvalue weighted by atomic mass is 35.5. The highest BCUT2D eigenvalue weighted by Crippen LogP contribution is 2.18. The molecule has 0 spiro atoms. The first-order chi connectivity index (χ1) is 4.20. The van der Waals surface area contributed by atoms with Gasteiger partial charge in [0.25, 0.3) is 0 Å². The van der Waals surface area contributed by atoms with E-state index in [9.17, 15) is 4.79 Å². The summed E-state index contributed by atoms with van der Waals surface area (Å²) in [6.07, 6.45) is 0. The minimum Gasteiger partial charge on any atom is -0.477 e. The van der Waals surface area contributed by atoms with Gasteiger partial charge in [-0.25, -0.2) is 4.79 Å². The van der Waals surface area contributed by atoms with Crippen molar-refractivity contribution in [3.05, 3.63) is 21.3 Å². The first-order valence-corrected chi connectivity index (χ1v) is 3.43. The second-order valence-electron chi connectivity index (χ2n) is 1.43. The lowest BCUT2D eigenvalue weighted by molar-refractivity contribution is 0.0702. The number of carboxylic acid groups (broad SMARTS) is 1. The lowest BCUT2D eigenvalue weighted by Crippen LogP contribution is -1.89. The Morgan fingerprint density at radius 2 is 2.30 bits per heavy atom. The zero-order chi connectivity index (χ0) is 6.85. The van der Waals surface area contributed by atoms with Crippen molar-refractivity contribution in [2.24, 2.45) is 0 Å². The van der Waals surface area contributed by atoms with Crippen LogP contribution < -0.4 is 0 Å². The third kappa shape index (κ3) is 2.17. The van der Waals surface area contributed by atoms with E-state index >= 15 is 0 Å². The van der Waals surface area contributed by atoms with E-state index in [-0.39, 0.29) is 17.3 Å². The fraction of sp³-hybridized carbons (Fsp3) is 0. The lowest BCUT2D eigenvalue weighted by Gasteiger charge is -1.79. The molecule has 0 amide bonds. The fourth-order valence-corrected chi connectivity index (χ4v) is 1.34. The van der Waals surface area contributed by atoms with Gasteiger partial charge in [-0.2, -0.15) is 0 Å². The summed E-state index contributed by atoms with van der Waals surface area (Å²) in [5.41, 5.74) is 0. The van der Waals surface area contributed by atoms with Crippen LogP contribution >= 0.6 is 35.3 Å². The van der Waals surface area contributed by atoms with Gasteiger partial charge in [-0.05, 0) is 6.07 Å². The molecule has 1 aromatic rings. The summed E-state index contributed by atoms with van der Waals surface area (Å²) in [6, 6.07) is 1.43. The van der Waals surface area contributed by atoms with Gasteiger partial charge in [0.05, 0.1) is 5.02 Å². The summed E-state index contributed by atoms with van der Waals surface area (Å²) in [5, 5.41) is 10.4. The van der Waals surface area contributed by atoms with Gasteiger partial charge in [0.2, 0.25) is 0 Å². The van der Waals surface area contributed by atoms with Crippen LogP contribution in [0.3, 0.4) is 0 Å². The summed E-state index contributed by atoms with van der Waals surface area (Å²) >= 11 is 6.58. The summed E-state index contributed by atoms with van der Waals surface area (Å²) in [7, 11) is 0. The zero-order valence-corrected chi connectivity index (χ0v) is 7.09. The minimum absolute atomic E-state index is 0. The molecule has 0 aromatic carbocycles. The molecule has 0 unspecified atom stereocenters. The van der Waals surface area contributed by atoms with Crippen molar-refractivity contribution >= 4 is 41.3 Å². The maximum absolute atomic E-state index is 10.2. The monoisotopic (exact) mass is 198 g/mol. The van der Waals surface area contributed by atoms with E-state index in [1.54, 1.807) is 5.38 Å². The summed E-state index contributed by atoms with van der Waals surface area (Å²) in [5.74, 6) is -0.924. The molecule has 0 fully saturated rings. The second-order valence-corrected chi connectivity index (χ2v) is 2.78. The first kappa shape index (κ1) is 9.75. The van der Waals surface area contributed by atoms with Crippen LogP contribution in [0.5, 0.6) is 0 Å². The van der Waals surface area contributed by atoms with Gasteiger partial charge in [0.1, 0.15) is 4.88 Å². The Balaban J connectivity index is 0.000000810. The fourth-order valence-electron chi connectivity index (χ4n) is 0.425. The smallest absolute Gasteiger partial charge is 0.345 e. The average Bonchev–Trinajstić information content (AvgIpc) is 2.14. The molecule has 1 rings (SSSR count). The van der Waals surface area contributed by atoms with E-state index in [1.807, 2.05) is 0 Å². The van der Waals surface area contributed by atoms with E-state index in [0.29, 0.717) is 5.02 Å². The van der Waals surface area contributed by atoms with Crippen LogP contribution in [0.25, 0.3) is 0 Å². The number of halogens is 2. The molecular formula is C5H4Cl2O2S. The quantitative estimate of drug-likeness (QED) is 0.754. The Hall–Kier alpha value is -0.250. The van der Waals surface area contributed by atoms with Gasteiger partial charge in [0, 0.05) is 5.38 Å². The Labute approximate surface area is 72.8 Å². The van der Waals surface area contributed by atoms with Crippen LogP contribution in [0.15, 0.2) is 11.4 Å². The Kier molecular flexibility index (Phi) is 3.71. The molecule has 0 aliphatic rings. The van der Waals surface area contributed by atoms with E-state index in [4.69, 9.17) is 16.7 Å². The molecule has 1 N–H and O–H groups in total. The van der Waals surface area contributed by atoms with Crippen molar-refractivity contribution in [3.63, 3.8) is 0 Å². The van der Waals surface area contributed by atoms with Crippen LogP contribution in [0, 0.1) is 0 Å². The molecule has 0 aliphatic carbocycles. The topological polar surface area (TPSA) is 37.3 Å². The van der Waals surface area contributed by atoms with Crippen molar-refractivity contribution in [2.75, 3.05) is 0 Å². The number of thiophene rings is 1. The van der Waals surface area contributed by atoms with Crippen molar-refractivity contribution < 1.29 is 9.90 Å². The highest BCUT2D eigenvalue weighted by Gasteiger charge is 2.03. The van der Waals surface area contributed by atoms with E-state index in [2.05, 4.69) is 0 Å². The largest absolute Gasteiger partial charge is 0.477 e. The lowest BCUT2D eigenvalue weighted by atomic mass is 10.5. The standard InChI is InChI=1S/C5H3ClO2S.ClH/c6-3-1-4(5(7)8)9-2-3;/h1-2H,(H,7,8);1H. The van der Waals surface area contributed by atoms with Crippen molar-refractivity contribution in [1.82, 2.24) is 0 Å². The normalized spacial score (nSPS) is 8.50. The number of aromatic carboxylic acids is 1. The molecule has 2 nitrogen and oxygen atoms in total. The zero-order valence-electron chi connectivity index (χ0n) is 4.70. The molecule has 1 aromatic heterocycles. The average molecular weight is 199 g/mol. The molecule has 0 saturated carbocycles. The summed E-state index contributed by atoms with van der Waals surface area (Å²) in [6.45, 7) is 0. The predicted molar refractivity (Wildman–Crippen MR) is 43.5 cm³/mol. The van der Waals surface area contributed by atoms with Crippen molar-refractivity contribution in [2.45, 2.75) is 0 Å². The van der Waals surface area contributed by atoms with Gasteiger partial charge < -0.3 is 5.11 Å². The minimum atomic E-state index is -0.924. The molecule has 56 valence electrons. The molecule has 0 bridgehead atoms. The maximum Gasteiger partial charge on any atom is 0.345 e. The van der Waals surface area contributed by atoms with E-state index < -0.39 is 5.97 Å². The Morgan fingerprint density at radius 1 is 1.70 bits per heavy atom. The third-order valence-electron chi connectivity index (χ3n) is 0.778. The van der Waals surface area contributed by atoms with Crippen LogP contribution in [-0.4, -0.2) is 11.1 Å². The molecule has 0 saturated heterocycles. The molecule has 1 heterocycles. The predicted octanol–water partition coefficient (Wildman–Crippen LogP) is 2.52. The van der Waals surface area contributed by atoms with Crippen molar-refractivity contribution in [3.8, 4) is 0 Å². The summed E-state index contributed by atoms with van der Waals surface area (Å²) < 4.78 is 0. The Morgan fingerprint density at radius 3 is 2.50 bits per heavy atom. The number of carbonyl (C=O) groups is 1. The molecule has 0 atom stereocenters. The third-order valence-corrected chi connectivity index (χ3v) is 2.04. The number of rotatable bonds is 1. The SMILES string of the molecule is Cl.O=C(O)c1cc(Cl)cs1. The van der Waals surface area contributed by atoms with E-state index in [0.717, 1.165) is 11.3 Å².